The molecule has 1 heterocycles. The molecule has 0 aromatic heterocycles. The number of carbonyl (C=O) groups is 1. The van der Waals surface area contributed by atoms with Gasteiger partial charge in [-0.3, -0.25) is 0 Å². The molecular formula is C17H26N2O3. The number of carbonyl (C=O) groups excluding carboxylic acids is 1. The van der Waals surface area contributed by atoms with E-state index in [1.807, 2.05) is 45.0 Å². The van der Waals surface area contributed by atoms with E-state index in [9.17, 15) is 4.79 Å². The number of aliphatic hydroxyl groups is 1. The van der Waals surface area contributed by atoms with Gasteiger partial charge in [-0.1, -0.05) is 12.1 Å². The summed E-state index contributed by atoms with van der Waals surface area (Å²) in [6.07, 6.45) is 0.704. The van der Waals surface area contributed by atoms with E-state index >= 15 is 0 Å². The van der Waals surface area contributed by atoms with Crippen LogP contribution in [0.1, 0.15) is 32.8 Å². The average Bonchev–Trinajstić information content (AvgIpc) is 2.92. The molecule has 1 aromatic carbocycles. The first-order valence-corrected chi connectivity index (χ1v) is 7.79. The van der Waals surface area contributed by atoms with Crippen LogP contribution < -0.4 is 10.2 Å². The van der Waals surface area contributed by atoms with E-state index in [1.165, 1.54) is 0 Å². The summed E-state index contributed by atoms with van der Waals surface area (Å²) in [6, 6.07) is 7.97. The van der Waals surface area contributed by atoms with Crippen molar-refractivity contribution in [1.82, 2.24) is 5.32 Å². The maximum absolute atomic E-state index is 11.7. The highest BCUT2D eigenvalue weighted by Gasteiger charge is 2.24. The number of nitrogens with zero attached hydrogens (tertiary/aromatic N) is 1. The maximum atomic E-state index is 11.7. The van der Waals surface area contributed by atoms with Crippen LogP contribution in [-0.2, 0) is 11.3 Å². The van der Waals surface area contributed by atoms with Gasteiger partial charge in [-0.05, 0) is 50.8 Å². The molecule has 2 rings (SSSR count). The van der Waals surface area contributed by atoms with Gasteiger partial charge in [-0.25, -0.2) is 4.79 Å². The third kappa shape index (κ3) is 4.91. The van der Waals surface area contributed by atoms with Crippen molar-refractivity contribution in [3.8, 4) is 0 Å². The second-order valence-electron chi connectivity index (χ2n) is 6.81. The largest absolute Gasteiger partial charge is 0.444 e. The summed E-state index contributed by atoms with van der Waals surface area (Å²) >= 11 is 0. The molecule has 0 aliphatic carbocycles. The predicted octanol–water partition coefficient (Wildman–Crippen LogP) is 2.53. The Kier molecular flexibility index (Phi) is 5.29. The fourth-order valence-corrected chi connectivity index (χ4v) is 2.59. The van der Waals surface area contributed by atoms with Gasteiger partial charge in [0.15, 0.2) is 0 Å². The number of hydrogen-bond acceptors (Lipinski definition) is 4. The number of ether oxygens (including phenoxy) is 1. The average molecular weight is 306 g/mol. The van der Waals surface area contributed by atoms with Gasteiger partial charge in [0.25, 0.3) is 0 Å². The number of anilines is 1. The summed E-state index contributed by atoms with van der Waals surface area (Å²) < 4.78 is 5.25. The molecule has 1 atom stereocenters. The minimum absolute atomic E-state index is 0.0721. The fraction of sp³-hybridized carbons (Fsp3) is 0.588. The number of benzene rings is 1. The highest BCUT2D eigenvalue weighted by molar-refractivity contribution is 5.67. The molecule has 0 bridgehead atoms. The van der Waals surface area contributed by atoms with Gasteiger partial charge in [0, 0.05) is 25.3 Å². The monoisotopic (exact) mass is 306 g/mol. The molecule has 1 amide bonds. The molecule has 5 nitrogen and oxygen atoms in total. The Bertz CT molecular complexity index is 494. The molecule has 122 valence electrons. The van der Waals surface area contributed by atoms with Crippen molar-refractivity contribution in [2.75, 3.05) is 24.5 Å². The summed E-state index contributed by atoms with van der Waals surface area (Å²) in [5, 5.41) is 11.9. The molecule has 1 fully saturated rings. The van der Waals surface area contributed by atoms with Crippen molar-refractivity contribution in [1.29, 1.82) is 0 Å². The highest BCUT2D eigenvalue weighted by Crippen LogP contribution is 2.24. The van der Waals surface area contributed by atoms with Crippen molar-refractivity contribution < 1.29 is 14.6 Å². The quantitative estimate of drug-likeness (QED) is 0.897. The number of aliphatic hydroxyl groups excluding tert-OH is 1. The molecule has 1 aliphatic rings. The number of rotatable bonds is 4. The first-order valence-electron chi connectivity index (χ1n) is 7.79. The second kappa shape index (κ2) is 7.01. The van der Waals surface area contributed by atoms with Crippen molar-refractivity contribution in [3.05, 3.63) is 29.8 Å². The number of amides is 1. The SMILES string of the molecule is CC(C)(C)OC(=O)NCC1CCN(c2ccc(CO)cc2)C1. The standard InChI is InChI=1S/C17H26N2O3/c1-17(2,3)22-16(21)18-10-14-8-9-19(11-14)15-6-4-13(12-20)5-7-15/h4-7,14,20H,8-12H2,1-3H3,(H,18,21). The van der Waals surface area contributed by atoms with Gasteiger partial charge < -0.3 is 20.1 Å². The molecule has 2 N–H and O–H groups in total. The fourth-order valence-electron chi connectivity index (χ4n) is 2.59. The van der Waals surface area contributed by atoms with E-state index in [0.29, 0.717) is 12.5 Å². The number of alkyl carbamates (subject to hydrolysis) is 1. The van der Waals surface area contributed by atoms with Crippen molar-refractivity contribution in [2.45, 2.75) is 39.4 Å². The molecule has 0 saturated carbocycles. The first-order chi connectivity index (χ1) is 10.4. The van der Waals surface area contributed by atoms with Crippen molar-refractivity contribution in [2.24, 2.45) is 5.92 Å². The molecule has 1 aliphatic heterocycles. The summed E-state index contributed by atoms with van der Waals surface area (Å²) in [5.74, 6) is 0.435. The zero-order chi connectivity index (χ0) is 16.2. The van der Waals surface area contributed by atoms with E-state index < -0.39 is 5.60 Å². The van der Waals surface area contributed by atoms with Gasteiger partial charge >= 0.3 is 6.09 Å². The van der Waals surface area contributed by atoms with Crippen LogP contribution in [0.3, 0.4) is 0 Å². The predicted molar refractivity (Wildman–Crippen MR) is 86.9 cm³/mol. The Labute approximate surface area is 132 Å². The summed E-state index contributed by atoms with van der Waals surface area (Å²) in [5.41, 5.74) is 1.63. The molecule has 5 heteroatoms. The van der Waals surface area contributed by atoms with Crippen LogP contribution in [0.2, 0.25) is 0 Å². The Morgan fingerprint density at radius 1 is 1.36 bits per heavy atom. The second-order valence-corrected chi connectivity index (χ2v) is 6.81. The van der Waals surface area contributed by atoms with Crippen LogP contribution in [0.4, 0.5) is 10.5 Å². The summed E-state index contributed by atoms with van der Waals surface area (Å²) in [4.78, 5) is 14.0. The van der Waals surface area contributed by atoms with Crippen LogP contribution in [0.5, 0.6) is 0 Å². The van der Waals surface area contributed by atoms with E-state index in [0.717, 1.165) is 30.8 Å². The lowest BCUT2D eigenvalue weighted by Gasteiger charge is -2.21. The van der Waals surface area contributed by atoms with Gasteiger partial charge in [0.05, 0.1) is 6.61 Å². The topological polar surface area (TPSA) is 61.8 Å². The van der Waals surface area contributed by atoms with E-state index in [-0.39, 0.29) is 12.7 Å². The number of hydrogen-bond donors (Lipinski definition) is 2. The smallest absolute Gasteiger partial charge is 0.407 e. The Balaban J connectivity index is 1.78. The highest BCUT2D eigenvalue weighted by atomic mass is 16.6. The van der Waals surface area contributed by atoms with Crippen LogP contribution in [-0.4, -0.2) is 36.4 Å². The lowest BCUT2D eigenvalue weighted by molar-refractivity contribution is 0.0520. The zero-order valence-corrected chi connectivity index (χ0v) is 13.6. The molecule has 1 aromatic rings. The van der Waals surface area contributed by atoms with Crippen LogP contribution in [0.15, 0.2) is 24.3 Å². The van der Waals surface area contributed by atoms with Crippen LogP contribution >= 0.6 is 0 Å². The van der Waals surface area contributed by atoms with Crippen LogP contribution in [0, 0.1) is 5.92 Å². The Morgan fingerprint density at radius 2 is 2.05 bits per heavy atom. The molecule has 1 saturated heterocycles. The lowest BCUT2D eigenvalue weighted by atomic mass is 10.1. The zero-order valence-electron chi connectivity index (χ0n) is 13.6. The molecule has 0 radical (unpaired) electrons. The maximum Gasteiger partial charge on any atom is 0.407 e. The third-order valence-corrected chi connectivity index (χ3v) is 3.70. The normalized spacial score (nSPS) is 18.4. The molecule has 0 spiro atoms. The van der Waals surface area contributed by atoms with Crippen LogP contribution in [0.25, 0.3) is 0 Å². The van der Waals surface area contributed by atoms with E-state index in [4.69, 9.17) is 9.84 Å². The minimum atomic E-state index is -0.458. The molecular weight excluding hydrogens is 280 g/mol. The van der Waals surface area contributed by atoms with Crippen molar-refractivity contribution in [3.63, 3.8) is 0 Å². The van der Waals surface area contributed by atoms with E-state index in [2.05, 4.69) is 10.2 Å². The van der Waals surface area contributed by atoms with Gasteiger partial charge in [-0.15, -0.1) is 0 Å². The molecule has 1 unspecified atom stereocenters. The van der Waals surface area contributed by atoms with Gasteiger partial charge in [0.1, 0.15) is 5.60 Å². The first kappa shape index (κ1) is 16.6. The van der Waals surface area contributed by atoms with Gasteiger partial charge in [0.2, 0.25) is 0 Å². The lowest BCUT2D eigenvalue weighted by Crippen LogP contribution is -2.36. The Morgan fingerprint density at radius 3 is 2.64 bits per heavy atom. The molecule has 22 heavy (non-hydrogen) atoms. The Hall–Kier alpha value is -1.75. The van der Waals surface area contributed by atoms with E-state index in [1.54, 1.807) is 0 Å². The summed E-state index contributed by atoms with van der Waals surface area (Å²) in [6.45, 7) is 8.20. The summed E-state index contributed by atoms with van der Waals surface area (Å²) in [7, 11) is 0. The minimum Gasteiger partial charge on any atom is -0.444 e. The van der Waals surface area contributed by atoms with Gasteiger partial charge in [-0.2, -0.15) is 0 Å². The third-order valence-electron chi connectivity index (χ3n) is 3.70. The number of nitrogens with one attached hydrogen (secondary N) is 1. The van der Waals surface area contributed by atoms with Crippen molar-refractivity contribution >= 4 is 11.8 Å².